The van der Waals surface area contributed by atoms with Crippen LogP contribution in [0.2, 0.25) is 5.28 Å². The summed E-state index contributed by atoms with van der Waals surface area (Å²) in [6.45, 7) is 0. The highest BCUT2D eigenvalue weighted by molar-refractivity contribution is 7.89. The molecule has 66 valence electrons. The summed E-state index contributed by atoms with van der Waals surface area (Å²) in [6, 6.07) is 0. The Morgan fingerprint density at radius 2 is 1.92 bits per heavy atom. The van der Waals surface area contributed by atoms with Crippen LogP contribution in [0.1, 0.15) is 0 Å². The molecular formula is C4H4ClN3O3S. The van der Waals surface area contributed by atoms with Crippen LogP contribution in [-0.4, -0.2) is 23.6 Å². The van der Waals surface area contributed by atoms with Crippen molar-refractivity contribution in [2.45, 2.75) is 4.90 Å². The molecule has 0 saturated heterocycles. The van der Waals surface area contributed by atoms with E-state index in [1.54, 1.807) is 0 Å². The Morgan fingerprint density at radius 1 is 1.42 bits per heavy atom. The Kier molecular flexibility index (Phi) is 2.58. The van der Waals surface area contributed by atoms with Gasteiger partial charge in [0.1, 0.15) is 4.90 Å². The Labute approximate surface area is 73.2 Å². The third kappa shape index (κ3) is 1.89. The van der Waals surface area contributed by atoms with Crippen LogP contribution >= 0.6 is 11.6 Å². The molecule has 0 bridgehead atoms. The molecule has 1 rings (SSSR count). The molecule has 2 N–H and O–H groups in total. The van der Waals surface area contributed by atoms with E-state index in [9.17, 15) is 8.42 Å². The zero-order chi connectivity index (χ0) is 9.19. The minimum absolute atomic E-state index is 0.0631. The van der Waals surface area contributed by atoms with Crippen LogP contribution in [0, 0.1) is 0 Å². The third-order valence-electron chi connectivity index (χ3n) is 1.03. The molecule has 0 radical (unpaired) electrons. The predicted molar refractivity (Wildman–Crippen MR) is 39.2 cm³/mol. The van der Waals surface area contributed by atoms with E-state index in [2.05, 4.69) is 9.97 Å². The van der Waals surface area contributed by atoms with Crippen LogP contribution < -0.4 is 4.89 Å². The van der Waals surface area contributed by atoms with E-state index in [4.69, 9.17) is 16.8 Å². The molecule has 0 aliphatic rings. The molecule has 0 aliphatic heterocycles. The Balaban J connectivity index is 3.14. The number of nitrogens with one attached hydrogen (secondary N) is 1. The molecule has 0 amide bonds. The molecule has 0 aliphatic carbocycles. The molecule has 12 heavy (non-hydrogen) atoms. The van der Waals surface area contributed by atoms with Gasteiger partial charge in [-0.25, -0.2) is 18.4 Å². The lowest BCUT2D eigenvalue weighted by molar-refractivity contribution is 0.242. The molecule has 0 saturated carbocycles. The highest BCUT2D eigenvalue weighted by Gasteiger charge is 2.12. The smallest absolute Gasteiger partial charge is 0.265 e. The number of sulfonamides is 1. The molecule has 6 nitrogen and oxygen atoms in total. The summed E-state index contributed by atoms with van der Waals surface area (Å²) in [5, 5.41) is 8.13. The van der Waals surface area contributed by atoms with Crippen LogP contribution in [0.4, 0.5) is 0 Å². The maximum atomic E-state index is 10.8. The zero-order valence-corrected chi connectivity index (χ0v) is 7.17. The Bertz CT molecular complexity index is 362. The van der Waals surface area contributed by atoms with Gasteiger partial charge in [0.25, 0.3) is 10.0 Å². The zero-order valence-electron chi connectivity index (χ0n) is 5.60. The quantitative estimate of drug-likeness (QED) is 0.520. The summed E-state index contributed by atoms with van der Waals surface area (Å²) in [4.78, 5) is 7.71. The molecule has 1 heterocycles. The number of hydrogen-bond donors (Lipinski definition) is 2. The lowest BCUT2D eigenvalue weighted by atomic mass is 10.7. The average molecular weight is 210 g/mol. The Hall–Kier alpha value is -0.760. The summed E-state index contributed by atoms with van der Waals surface area (Å²) in [5.74, 6) is 0. The fourth-order valence-electron chi connectivity index (χ4n) is 0.492. The number of halogens is 1. The number of nitrogens with zero attached hydrogens (tertiary/aromatic N) is 2. The van der Waals surface area contributed by atoms with Crippen molar-refractivity contribution >= 4 is 21.6 Å². The van der Waals surface area contributed by atoms with E-state index in [0.29, 0.717) is 0 Å². The van der Waals surface area contributed by atoms with Crippen molar-refractivity contribution < 1.29 is 13.6 Å². The van der Waals surface area contributed by atoms with Gasteiger partial charge < -0.3 is 5.21 Å². The monoisotopic (exact) mass is 209 g/mol. The van der Waals surface area contributed by atoms with E-state index in [1.807, 2.05) is 0 Å². The number of aromatic nitrogens is 2. The second-order valence-electron chi connectivity index (χ2n) is 1.78. The van der Waals surface area contributed by atoms with Gasteiger partial charge in [0, 0.05) is 0 Å². The summed E-state index contributed by atoms with van der Waals surface area (Å²) in [5.41, 5.74) is 0. The number of rotatable bonds is 2. The van der Waals surface area contributed by atoms with Gasteiger partial charge in [0.05, 0.1) is 12.4 Å². The average Bonchev–Trinajstić information content (AvgIpc) is 2.05. The molecule has 1 aromatic rings. The molecule has 1 aromatic heterocycles. The van der Waals surface area contributed by atoms with E-state index in [1.165, 1.54) is 0 Å². The van der Waals surface area contributed by atoms with Crippen LogP contribution in [0.3, 0.4) is 0 Å². The second-order valence-corrected chi connectivity index (χ2v) is 3.78. The summed E-state index contributed by atoms with van der Waals surface area (Å²) in [7, 11) is -3.89. The minimum Gasteiger partial charge on any atom is -0.302 e. The van der Waals surface area contributed by atoms with Gasteiger partial charge in [-0.1, -0.05) is 4.89 Å². The first kappa shape index (κ1) is 9.33. The normalized spacial score (nSPS) is 11.5. The second kappa shape index (κ2) is 3.31. The van der Waals surface area contributed by atoms with E-state index in [0.717, 1.165) is 17.3 Å². The van der Waals surface area contributed by atoms with Crippen molar-refractivity contribution in [3.05, 3.63) is 17.7 Å². The topological polar surface area (TPSA) is 92.2 Å². The van der Waals surface area contributed by atoms with Gasteiger partial charge in [-0.3, -0.25) is 0 Å². The van der Waals surface area contributed by atoms with Crippen molar-refractivity contribution in [2.75, 3.05) is 0 Å². The highest BCUT2D eigenvalue weighted by atomic mass is 35.5. The van der Waals surface area contributed by atoms with Gasteiger partial charge in [-0.2, -0.15) is 0 Å². The molecule has 0 unspecified atom stereocenters. The first-order valence-electron chi connectivity index (χ1n) is 2.70. The molecule has 0 fully saturated rings. The van der Waals surface area contributed by atoms with Crippen LogP contribution in [0.25, 0.3) is 0 Å². The van der Waals surface area contributed by atoms with Gasteiger partial charge in [-0.15, -0.1) is 0 Å². The van der Waals surface area contributed by atoms with E-state index >= 15 is 0 Å². The molecule has 0 spiro atoms. The predicted octanol–water partition coefficient (Wildman–Crippen LogP) is -0.202. The lowest BCUT2D eigenvalue weighted by Crippen LogP contribution is -2.19. The highest BCUT2D eigenvalue weighted by Crippen LogP contribution is 2.06. The lowest BCUT2D eigenvalue weighted by Gasteiger charge is -1.98. The molecule has 8 heteroatoms. The molecular weight excluding hydrogens is 206 g/mol. The van der Waals surface area contributed by atoms with Gasteiger partial charge in [0.15, 0.2) is 0 Å². The molecule has 0 aromatic carbocycles. The van der Waals surface area contributed by atoms with Crippen molar-refractivity contribution in [1.82, 2.24) is 14.9 Å². The first-order chi connectivity index (χ1) is 5.56. The van der Waals surface area contributed by atoms with Crippen molar-refractivity contribution in [3.8, 4) is 0 Å². The van der Waals surface area contributed by atoms with Gasteiger partial charge in [-0.05, 0) is 11.6 Å². The van der Waals surface area contributed by atoms with Crippen molar-refractivity contribution in [3.63, 3.8) is 0 Å². The fraction of sp³-hybridized carbons (Fsp3) is 0. The SMILES string of the molecule is O=S(=O)(NO)c1cnc(Cl)nc1. The fourth-order valence-corrected chi connectivity index (χ4v) is 1.08. The summed E-state index contributed by atoms with van der Waals surface area (Å²) in [6.07, 6.45) is 1.96. The van der Waals surface area contributed by atoms with Crippen LogP contribution in [0.15, 0.2) is 17.3 Å². The maximum Gasteiger partial charge on any atom is 0.265 e. The largest absolute Gasteiger partial charge is 0.302 e. The third-order valence-corrected chi connectivity index (χ3v) is 2.29. The maximum absolute atomic E-state index is 10.8. The van der Waals surface area contributed by atoms with Crippen molar-refractivity contribution in [2.24, 2.45) is 0 Å². The van der Waals surface area contributed by atoms with Crippen LogP contribution in [-0.2, 0) is 10.0 Å². The van der Waals surface area contributed by atoms with Gasteiger partial charge >= 0.3 is 0 Å². The standard InChI is InChI=1S/C4H4ClN3O3S/c5-4-6-1-3(2-7-4)12(10,11)8-9/h1-2,8-9H. The van der Waals surface area contributed by atoms with Crippen LogP contribution in [0.5, 0.6) is 0 Å². The number of hydrogen-bond acceptors (Lipinski definition) is 5. The Morgan fingerprint density at radius 3 is 2.33 bits per heavy atom. The van der Waals surface area contributed by atoms with E-state index < -0.39 is 10.0 Å². The molecule has 0 atom stereocenters. The summed E-state index contributed by atoms with van der Waals surface area (Å²) >= 11 is 5.30. The first-order valence-corrected chi connectivity index (χ1v) is 4.56. The van der Waals surface area contributed by atoms with Crippen molar-refractivity contribution in [1.29, 1.82) is 0 Å². The van der Waals surface area contributed by atoms with E-state index in [-0.39, 0.29) is 10.2 Å². The summed E-state index contributed by atoms with van der Waals surface area (Å²) < 4.78 is 21.7. The van der Waals surface area contributed by atoms with Gasteiger partial charge in [0.2, 0.25) is 5.28 Å². The minimum atomic E-state index is -3.89.